The quantitative estimate of drug-likeness (QED) is 0.491. The van der Waals surface area contributed by atoms with E-state index in [1.807, 2.05) is 23.9 Å². The summed E-state index contributed by atoms with van der Waals surface area (Å²) in [6.07, 6.45) is 5.46. The molecule has 0 saturated heterocycles. The van der Waals surface area contributed by atoms with Crippen molar-refractivity contribution >= 4 is 11.6 Å². The molecule has 90 valence electrons. The van der Waals surface area contributed by atoms with Crippen LogP contribution in [0, 0.1) is 0 Å². The van der Waals surface area contributed by atoms with Crippen LogP contribution in [-0.4, -0.2) is 14.8 Å². The number of pyridine rings is 1. The number of halogens is 1. The highest BCUT2D eigenvalue weighted by Crippen LogP contribution is 2.20. The van der Waals surface area contributed by atoms with E-state index < -0.39 is 0 Å². The van der Waals surface area contributed by atoms with Crippen molar-refractivity contribution in [2.24, 2.45) is 5.84 Å². The maximum atomic E-state index is 5.75. The average Bonchev–Trinajstić information content (AvgIpc) is 2.81. The number of hydrogen-bond donors (Lipinski definition) is 2. The average molecular weight is 252 g/mol. The Kier molecular flexibility index (Phi) is 3.73. The van der Waals surface area contributed by atoms with Gasteiger partial charge in [-0.15, -0.1) is 0 Å². The first kappa shape index (κ1) is 12.0. The second-order valence-corrected chi connectivity index (χ2v) is 4.03. The van der Waals surface area contributed by atoms with Crippen molar-refractivity contribution in [3.05, 3.63) is 47.0 Å². The molecule has 0 saturated carbocycles. The van der Waals surface area contributed by atoms with E-state index in [0.717, 1.165) is 17.7 Å². The topological polar surface area (TPSA) is 68.8 Å². The van der Waals surface area contributed by atoms with Crippen molar-refractivity contribution in [1.29, 1.82) is 0 Å². The Morgan fingerprint density at radius 2 is 2.24 bits per heavy atom. The highest BCUT2D eigenvalue weighted by atomic mass is 35.5. The number of hydrogen-bond acceptors (Lipinski definition) is 4. The summed E-state index contributed by atoms with van der Waals surface area (Å²) in [6.45, 7) is 2.86. The molecule has 2 heterocycles. The van der Waals surface area contributed by atoms with Gasteiger partial charge in [0.1, 0.15) is 5.15 Å². The second kappa shape index (κ2) is 5.27. The van der Waals surface area contributed by atoms with E-state index in [1.54, 1.807) is 18.5 Å². The first-order chi connectivity index (χ1) is 8.24. The van der Waals surface area contributed by atoms with Crippen LogP contribution < -0.4 is 11.3 Å². The Bertz CT molecular complexity index is 479. The van der Waals surface area contributed by atoms with Crippen LogP contribution in [0.3, 0.4) is 0 Å². The van der Waals surface area contributed by atoms with E-state index in [1.165, 1.54) is 0 Å². The van der Waals surface area contributed by atoms with Crippen LogP contribution in [-0.2, 0) is 6.54 Å². The van der Waals surface area contributed by atoms with Gasteiger partial charge in [-0.25, -0.2) is 10.4 Å². The Morgan fingerprint density at radius 1 is 1.41 bits per heavy atom. The van der Waals surface area contributed by atoms with Crippen LogP contribution in [0.4, 0.5) is 0 Å². The van der Waals surface area contributed by atoms with Gasteiger partial charge >= 0.3 is 0 Å². The molecule has 0 radical (unpaired) electrons. The number of aromatic nitrogens is 3. The molecule has 0 amide bonds. The molecule has 0 aliphatic rings. The van der Waals surface area contributed by atoms with Gasteiger partial charge in [-0.1, -0.05) is 17.7 Å². The zero-order valence-corrected chi connectivity index (χ0v) is 10.2. The first-order valence-corrected chi connectivity index (χ1v) is 5.72. The minimum absolute atomic E-state index is 0.125. The van der Waals surface area contributed by atoms with Gasteiger partial charge in [0.25, 0.3) is 0 Å². The molecule has 0 aliphatic carbocycles. The number of aryl methyl sites for hydroxylation is 1. The minimum atomic E-state index is -0.125. The van der Waals surface area contributed by atoms with Crippen molar-refractivity contribution in [3.63, 3.8) is 0 Å². The summed E-state index contributed by atoms with van der Waals surface area (Å²) in [5, 5.41) is 4.69. The lowest BCUT2D eigenvalue weighted by Crippen LogP contribution is -2.28. The maximum Gasteiger partial charge on any atom is 0.129 e. The molecule has 0 spiro atoms. The van der Waals surface area contributed by atoms with Gasteiger partial charge in [0, 0.05) is 24.5 Å². The highest BCUT2D eigenvalue weighted by Gasteiger charge is 2.14. The molecule has 3 N–H and O–H groups in total. The van der Waals surface area contributed by atoms with Crippen LogP contribution >= 0.6 is 11.6 Å². The molecule has 1 atom stereocenters. The lowest BCUT2D eigenvalue weighted by Gasteiger charge is -2.13. The Labute approximate surface area is 105 Å². The lowest BCUT2D eigenvalue weighted by atomic mass is 10.0. The molecular formula is C11H14ClN5. The summed E-state index contributed by atoms with van der Waals surface area (Å²) in [7, 11) is 0. The van der Waals surface area contributed by atoms with E-state index in [9.17, 15) is 0 Å². The molecule has 2 aromatic heterocycles. The number of nitrogens with one attached hydrogen (secondary N) is 1. The van der Waals surface area contributed by atoms with Crippen molar-refractivity contribution in [3.8, 4) is 0 Å². The fourth-order valence-electron chi connectivity index (χ4n) is 1.64. The number of nitrogens with zero attached hydrogens (tertiary/aromatic N) is 3. The number of nitrogens with two attached hydrogens (primary N) is 1. The molecule has 0 aliphatic heterocycles. The molecule has 0 aromatic carbocycles. The highest BCUT2D eigenvalue weighted by molar-refractivity contribution is 6.29. The van der Waals surface area contributed by atoms with Gasteiger partial charge in [0.15, 0.2) is 0 Å². The fraction of sp³-hybridized carbons (Fsp3) is 0.273. The Morgan fingerprint density at radius 3 is 2.76 bits per heavy atom. The van der Waals surface area contributed by atoms with E-state index in [0.29, 0.717) is 5.15 Å². The molecule has 2 aromatic rings. The zero-order chi connectivity index (χ0) is 12.3. The fourth-order valence-corrected chi connectivity index (χ4v) is 1.76. The summed E-state index contributed by atoms with van der Waals surface area (Å²) < 4.78 is 1.85. The van der Waals surface area contributed by atoms with E-state index in [4.69, 9.17) is 17.4 Å². The van der Waals surface area contributed by atoms with Gasteiger partial charge in [-0.2, -0.15) is 5.10 Å². The van der Waals surface area contributed by atoms with Gasteiger partial charge in [-0.05, 0) is 18.6 Å². The number of hydrazine groups is 1. The summed E-state index contributed by atoms with van der Waals surface area (Å²) in [4.78, 5) is 4.04. The molecule has 2 rings (SSSR count). The van der Waals surface area contributed by atoms with Gasteiger partial charge in [0.2, 0.25) is 0 Å². The summed E-state index contributed by atoms with van der Waals surface area (Å²) in [5.74, 6) is 5.58. The van der Waals surface area contributed by atoms with Gasteiger partial charge in [0.05, 0.1) is 12.2 Å². The van der Waals surface area contributed by atoms with Gasteiger partial charge in [-0.3, -0.25) is 10.5 Å². The smallest absolute Gasteiger partial charge is 0.129 e. The van der Waals surface area contributed by atoms with Crippen molar-refractivity contribution in [2.45, 2.75) is 19.5 Å². The second-order valence-electron chi connectivity index (χ2n) is 3.64. The predicted molar refractivity (Wildman–Crippen MR) is 66.3 cm³/mol. The third kappa shape index (κ3) is 2.63. The summed E-state index contributed by atoms with van der Waals surface area (Å²) in [6, 6.07) is 3.51. The molecule has 6 heteroatoms. The maximum absolute atomic E-state index is 5.75. The summed E-state index contributed by atoms with van der Waals surface area (Å²) in [5.41, 5.74) is 4.71. The van der Waals surface area contributed by atoms with Crippen LogP contribution in [0.15, 0.2) is 30.7 Å². The normalized spacial score (nSPS) is 12.6. The molecule has 0 bridgehead atoms. The Balaban J connectivity index is 2.29. The molecular weight excluding hydrogens is 238 g/mol. The molecule has 1 unspecified atom stereocenters. The van der Waals surface area contributed by atoms with E-state index >= 15 is 0 Å². The number of rotatable bonds is 4. The first-order valence-electron chi connectivity index (χ1n) is 5.34. The van der Waals surface area contributed by atoms with E-state index in [2.05, 4.69) is 15.5 Å². The molecule has 17 heavy (non-hydrogen) atoms. The lowest BCUT2D eigenvalue weighted by molar-refractivity contribution is 0.628. The van der Waals surface area contributed by atoms with Crippen molar-refractivity contribution in [1.82, 2.24) is 20.2 Å². The standard InChI is InChI=1S/C11H14ClN5/c1-2-17-7-9(6-15-17)11(16-13)8-3-4-10(12)14-5-8/h3-7,11,16H,2,13H2,1H3. The predicted octanol–water partition coefficient (Wildman–Crippen LogP) is 1.50. The molecule has 5 nitrogen and oxygen atoms in total. The minimum Gasteiger partial charge on any atom is -0.273 e. The van der Waals surface area contributed by atoms with Crippen LogP contribution in [0.1, 0.15) is 24.1 Å². The zero-order valence-electron chi connectivity index (χ0n) is 9.47. The molecule has 0 fully saturated rings. The van der Waals surface area contributed by atoms with E-state index in [-0.39, 0.29) is 6.04 Å². The largest absolute Gasteiger partial charge is 0.273 e. The SMILES string of the molecule is CCn1cc(C(NN)c2ccc(Cl)nc2)cn1. The van der Waals surface area contributed by atoms with Crippen LogP contribution in [0.25, 0.3) is 0 Å². The summed E-state index contributed by atoms with van der Waals surface area (Å²) >= 11 is 5.75. The monoisotopic (exact) mass is 251 g/mol. The third-order valence-electron chi connectivity index (χ3n) is 2.56. The van der Waals surface area contributed by atoms with Crippen molar-refractivity contribution < 1.29 is 0 Å². The Hall–Kier alpha value is -1.43. The van der Waals surface area contributed by atoms with Crippen LogP contribution in [0.2, 0.25) is 5.15 Å². The van der Waals surface area contributed by atoms with Crippen molar-refractivity contribution in [2.75, 3.05) is 0 Å². The van der Waals surface area contributed by atoms with Crippen LogP contribution in [0.5, 0.6) is 0 Å². The third-order valence-corrected chi connectivity index (χ3v) is 2.78. The van der Waals surface area contributed by atoms with Gasteiger partial charge < -0.3 is 0 Å².